The molecule has 2 aromatic rings. The van der Waals surface area contributed by atoms with Gasteiger partial charge in [0.2, 0.25) is 5.91 Å². The van der Waals surface area contributed by atoms with Gasteiger partial charge in [-0.15, -0.1) is 0 Å². The number of carbonyl (C=O) groups is 1. The summed E-state index contributed by atoms with van der Waals surface area (Å²) in [6, 6.07) is 11.3. The minimum Gasteiger partial charge on any atom is -0.497 e. The molecular weight excluding hydrogens is 323 g/mol. The zero-order valence-corrected chi connectivity index (χ0v) is 12.9. The van der Waals surface area contributed by atoms with Gasteiger partial charge < -0.3 is 14.8 Å². The first-order valence-corrected chi connectivity index (χ1v) is 7.12. The first-order chi connectivity index (χ1) is 11.4. The molecule has 0 saturated carbocycles. The monoisotopic (exact) mass is 339 g/mol. The molecule has 7 heteroatoms. The molecule has 0 heterocycles. The molecule has 0 fully saturated rings. The van der Waals surface area contributed by atoms with Crippen LogP contribution in [-0.4, -0.2) is 19.6 Å². The number of halogens is 3. The summed E-state index contributed by atoms with van der Waals surface area (Å²) in [5, 5.41) is 2.42. The lowest BCUT2D eigenvalue weighted by Gasteiger charge is -2.10. The maximum atomic E-state index is 12.6. The van der Waals surface area contributed by atoms with E-state index in [2.05, 4.69) is 5.32 Å². The Morgan fingerprint density at radius 3 is 2.38 bits per heavy atom. The normalized spacial score (nSPS) is 11.0. The molecule has 0 radical (unpaired) electrons. The summed E-state index contributed by atoms with van der Waals surface area (Å²) >= 11 is 0. The summed E-state index contributed by atoms with van der Waals surface area (Å²) in [7, 11) is 1.55. The summed E-state index contributed by atoms with van der Waals surface area (Å²) in [6.07, 6.45) is -4.43. The zero-order chi connectivity index (χ0) is 17.6. The number of hydrogen-bond acceptors (Lipinski definition) is 3. The van der Waals surface area contributed by atoms with Crippen LogP contribution in [-0.2, 0) is 11.0 Å². The van der Waals surface area contributed by atoms with Crippen LogP contribution in [0, 0.1) is 0 Å². The van der Waals surface area contributed by atoms with E-state index in [1.165, 1.54) is 12.1 Å². The Balaban J connectivity index is 1.83. The number of anilines is 1. The van der Waals surface area contributed by atoms with Gasteiger partial charge in [-0.2, -0.15) is 13.2 Å². The van der Waals surface area contributed by atoms with Gasteiger partial charge in [0.1, 0.15) is 11.5 Å². The van der Waals surface area contributed by atoms with Crippen molar-refractivity contribution < 1.29 is 27.4 Å². The topological polar surface area (TPSA) is 47.6 Å². The lowest BCUT2D eigenvalue weighted by atomic mass is 10.2. The van der Waals surface area contributed by atoms with Gasteiger partial charge in [0.05, 0.1) is 25.7 Å². The number of rotatable bonds is 6. The second-order valence-corrected chi connectivity index (χ2v) is 4.90. The van der Waals surface area contributed by atoms with E-state index in [-0.39, 0.29) is 18.7 Å². The molecule has 0 spiro atoms. The van der Waals surface area contributed by atoms with E-state index in [0.717, 1.165) is 12.1 Å². The van der Waals surface area contributed by atoms with Gasteiger partial charge in [-0.05, 0) is 42.5 Å². The van der Waals surface area contributed by atoms with Crippen LogP contribution in [0.25, 0.3) is 0 Å². The molecule has 0 unspecified atom stereocenters. The number of alkyl halides is 3. The molecule has 4 nitrogen and oxygen atoms in total. The number of methoxy groups -OCH3 is 1. The summed E-state index contributed by atoms with van der Waals surface area (Å²) in [4.78, 5) is 11.8. The minimum atomic E-state index is -4.45. The Bertz CT molecular complexity index is 684. The largest absolute Gasteiger partial charge is 0.497 e. The molecular formula is C17H16F3NO3. The van der Waals surface area contributed by atoms with Gasteiger partial charge in [-0.3, -0.25) is 4.79 Å². The predicted octanol–water partition coefficient (Wildman–Crippen LogP) is 4.12. The lowest BCUT2D eigenvalue weighted by molar-refractivity contribution is -0.137. The predicted molar refractivity (Wildman–Crippen MR) is 83.2 cm³/mol. The zero-order valence-electron chi connectivity index (χ0n) is 12.9. The molecule has 0 aromatic heterocycles. The third-order valence-electron chi connectivity index (χ3n) is 3.13. The van der Waals surface area contributed by atoms with Crippen LogP contribution >= 0.6 is 0 Å². The Labute approximate surface area is 137 Å². The van der Waals surface area contributed by atoms with Crippen LogP contribution in [0.3, 0.4) is 0 Å². The molecule has 0 aliphatic rings. The number of carbonyl (C=O) groups excluding carboxylic acids is 1. The third-order valence-corrected chi connectivity index (χ3v) is 3.13. The molecule has 1 N–H and O–H groups in total. The van der Waals surface area contributed by atoms with Crippen molar-refractivity contribution in [2.75, 3.05) is 19.0 Å². The molecule has 0 aliphatic carbocycles. The van der Waals surface area contributed by atoms with Crippen LogP contribution in [0.2, 0.25) is 0 Å². The van der Waals surface area contributed by atoms with Gasteiger partial charge in [-0.25, -0.2) is 0 Å². The van der Waals surface area contributed by atoms with Crippen LogP contribution in [0.1, 0.15) is 12.0 Å². The average molecular weight is 339 g/mol. The number of hydrogen-bond donors (Lipinski definition) is 1. The van der Waals surface area contributed by atoms with E-state index in [0.29, 0.717) is 11.5 Å². The highest BCUT2D eigenvalue weighted by atomic mass is 19.4. The van der Waals surface area contributed by atoms with E-state index in [1.807, 2.05) is 0 Å². The number of benzene rings is 2. The fourth-order valence-corrected chi connectivity index (χ4v) is 1.93. The van der Waals surface area contributed by atoms with Crippen molar-refractivity contribution in [3.05, 3.63) is 54.1 Å². The highest BCUT2D eigenvalue weighted by molar-refractivity contribution is 5.90. The highest BCUT2D eigenvalue weighted by Gasteiger charge is 2.30. The van der Waals surface area contributed by atoms with Gasteiger partial charge in [0, 0.05) is 5.69 Å². The fraction of sp³-hybridized carbons (Fsp3) is 0.235. The molecule has 2 rings (SSSR count). The van der Waals surface area contributed by atoms with E-state index in [9.17, 15) is 18.0 Å². The maximum absolute atomic E-state index is 12.6. The van der Waals surface area contributed by atoms with Crippen molar-refractivity contribution in [2.24, 2.45) is 0 Å². The molecule has 0 aliphatic heterocycles. The summed E-state index contributed by atoms with van der Waals surface area (Å²) < 4.78 is 48.2. The first kappa shape index (κ1) is 17.7. The Morgan fingerprint density at radius 2 is 1.75 bits per heavy atom. The van der Waals surface area contributed by atoms with Crippen LogP contribution in [0.5, 0.6) is 11.5 Å². The van der Waals surface area contributed by atoms with Crippen molar-refractivity contribution in [2.45, 2.75) is 12.6 Å². The van der Waals surface area contributed by atoms with Crippen molar-refractivity contribution in [1.29, 1.82) is 0 Å². The average Bonchev–Trinajstić information content (AvgIpc) is 2.55. The van der Waals surface area contributed by atoms with Gasteiger partial charge in [0.15, 0.2) is 0 Å². The van der Waals surface area contributed by atoms with Crippen molar-refractivity contribution >= 4 is 11.6 Å². The van der Waals surface area contributed by atoms with E-state index in [4.69, 9.17) is 9.47 Å². The van der Waals surface area contributed by atoms with Crippen molar-refractivity contribution in [1.82, 2.24) is 0 Å². The van der Waals surface area contributed by atoms with Crippen molar-refractivity contribution in [3.8, 4) is 11.5 Å². The van der Waals surface area contributed by atoms with Crippen LogP contribution in [0.15, 0.2) is 48.5 Å². The Kier molecular flexibility index (Phi) is 5.68. The molecule has 0 atom stereocenters. The second-order valence-electron chi connectivity index (χ2n) is 4.90. The molecule has 0 bridgehead atoms. The molecule has 128 valence electrons. The minimum absolute atomic E-state index is 0.0161. The highest BCUT2D eigenvalue weighted by Crippen LogP contribution is 2.30. The van der Waals surface area contributed by atoms with Crippen LogP contribution < -0.4 is 14.8 Å². The fourth-order valence-electron chi connectivity index (χ4n) is 1.93. The Hall–Kier alpha value is -2.70. The number of amides is 1. The van der Waals surface area contributed by atoms with Gasteiger partial charge >= 0.3 is 6.18 Å². The SMILES string of the molecule is COc1ccc(OCCC(=O)Nc2cccc(C(F)(F)F)c2)cc1. The molecule has 2 aromatic carbocycles. The lowest BCUT2D eigenvalue weighted by Crippen LogP contribution is -2.16. The van der Waals surface area contributed by atoms with Gasteiger partial charge in [0.25, 0.3) is 0 Å². The van der Waals surface area contributed by atoms with Crippen molar-refractivity contribution in [3.63, 3.8) is 0 Å². The third kappa shape index (κ3) is 5.19. The van der Waals surface area contributed by atoms with Gasteiger partial charge in [-0.1, -0.05) is 6.07 Å². The van der Waals surface area contributed by atoms with E-state index < -0.39 is 17.6 Å². The molecule has 1 amide bonds. The van der Waals surface area contributed by atoms with Crippen LogP contribution in [0.4, 0.5) is 18.9 Å². The summed E-state index contributed by atoms with van der Waals surface area (Å²) in [6.45, 7) is 0.108. The summed E-state index contributed by atoms with van der Waals surface area (Å²) in [5.74, 6) is 0.829. The molecule has 24 heavy (non-hydrogen) atoms. The maximum Gasteiger partial charge on any atom is 0.416 e. The smallest absolute Gasteiger partial charge is 0.416 e. The second kappa shape index (κ2) is 7.72. The standard InChI is InChI=1S/C17H16F3NO3/c1-23-14-5-7-15(8-6-14)24-10-9-16(22)21-13-4-2-3-12(11-13)17(18,19)20/h2-8,11H,9-10H2,1H3,(H,21,22). The molecule has 0 saturated heterocycles. The van der Waals surface area contributed by atoms with E-state index >= 15 is 0 Å². The quantitative estimate of drug-likeness (QED) is 0.861. The van der Waals surface area contributed by atoms with E-state index in [1.54, 1.807) is 31.4 Å². The Morgan fingerprint density at radius 1 is 1.08 bits per heavy atom. The number of ether oxygens (including phenoxy) is 2. The number of nitrogens with one attached hydrogen (secondary N) is 1. The summed E-state index contributed by atoms with van der Waals surface area (Å²) in [5.41, 5.74) is -0.714. The first-order valence-electron chi connectivity index (χ1n) is 7.12.